The van der Waals surface area contributed by atoms with Gasteiger partial charge in [0.15, 0.2) is 0 Å². The fraction of sp³-hybridized carbons (Fsp3) is 0.855. The summed E-state index contributed by atoms with van der Waals surface area (Å²) in [6.45, 7) is 4.85. The van der Waals surface area contributed by atoms with Gasteiger partial charge in [0.25, 0.3) is 0 Å². The molecule has 0 aliphatic carbocycles. The van der Waals surface area contributed by atoms with Crippen LogP contribution in [0.5, 0.6) is 0 Å². The summed E-state index contributed by atoms with van der Waals surface area (Å²) in [4.78, 5) is 24.4. The minimum Gasteiger partial charge on any atom is -0.466 e. The average Bonchev–Trinajstić information content (AvgIpc) is 3.26. The molecule has 2 atom stereocenters. The van der Waals surface area contributed by atoms with Crippen molar-refractivity contribution in [2.24, 2.45) is 0 Å². The Morgan fingerprint density at radius 2 is 0.770 bits per heavy atom. The highest BCUT2D eigenvalue weighted by molar-refractivity contribution is 5.76. The average molecular weight is 858 g/mol. The van der Waals surface area contributed by atoms with Crippen LogP contribution < -0.4 is 5.32 Å². The number of nitrogens with one attached hydrogen (secondary N) is 1. The lowest BCUT2D eigenvalue weighted by Crippen LogP contribution is -2.45. The maximum Gasteiger partial charge on any atom is 0.305 e. The van der Waals surface area contributed by atoms with Gasteiger partial charge in [0, 0.05) is 12.8 Å². The summed E-state index contributed by atoms with van der Waals surface area (Å²) in [7, 11) is 0. The molecule has 0 aromatic rings. The number of hydrogen-bond donors (Lipinski definition) is 3. The molecule has 0 aliphatic heterocycles. The fourth-order valence-corrected chi connectivity index (χ4v) is 7.97. The highest BCUT2D eigenvalue weighted by Gasteiger charge is 2.18. The topological polar surface area (TPSA) is 95.9 Å². The molecule has 0 spiro atoms. The SMILES string of the molecule is CCCCCCCC/C=C\CCCCCCCCCC(=O)OCCCCCCCCC/C=C\CCCCCCCC(=O)NC(CO)C(O)/C=C/CCCCCCCCCCC. The van der Waals surface area contributed by atoms with E-state index in [-0.39, 0.29) is 18.5 Å². The molecule has 0 heterocycles. The molecule has 0 rings (SSSR count). The van der Waals surface area contributed by atoms with Crippen molar-refractivity contribution in [1.29, 1.82) is 0 Å². The van der Waals surface area contributed by atoms with Crippen molar-refractivity contribution in [3.8, 4) is 0 Å². The van der Waals surface area contributed by atoms with E-state index in [4.69, 9.17) is 4.74 Å². The second-order valence-corrected chi connectivity index (χ2v) is 18.2. The van der Waals surface area contributed by atoms with Gasteiger partial charge in [-0.25, -0.2) is 0 Å². The molecule has 0 aliphatic rings. The van der Waals surface area contributed by atoms with Crippen LogP contribution in [0.2, 0.25) is 0 Å². The Morgan fingerprint density at radius 1 is 0.443 bits per heavy atom. The second-order valence-electron chi connectivity index (χ2n) is 18.2. The predicted octanol–water partition coefficient (Wildman–Crippen LogP) is 16.1. The van der Waals surface area contributed by atoms with Crippen LogP contribution in [0, 0.1) is 0 Å². The molecule has 6 heteroatoms. The number of hydrogen-bond acceptors (Lipinski definition) is 5. The van der Waals surface area contributed by atoms with E-state index < -0.39 is 12.1 Å². The lowest BCUT2D eigenvalue weighted by Gasteiger charge is -2.20. The molecule has 0 bridgehead atoms. The van der Waals surface area contributed by atoms with Crippen LogP contribution in [-0.2, 0) is 14.3 Å². The number of unbranched alkanes of at least 4 members (excludes halogenated alkanes) is 34. The fourth-order valence-electron chi connectivity index (χ4n) is 7.97. The van der Waals surface area contributed by atoms with Gasteiger partial charge in [-0.2, -0.15) is 0 Å². The molecule has 358 valence electrons. The molecule has 0 saturated heterocycles. The number of aliphatic hydroxyl groups excluding tert-OH is 2. The number of rotatable bonds is 49. The normalized spacial score (nSPS) is 12.9. The van der Waals surface area contributed by atoms with E-state index in [1.54, 1.807) is 6.08 Å². The molecule has 6 nitrogen and oxygen atoms in total. The van der Waals surface area contributed by atoms with Crippen molar-refractivity contribution in [2.45, 2.75) is 289 Å². The van der Waals surface area contributed by atoms with E-state index in [1.807, 2.05) is 6.08 Å². The highest BCUT2D eigenvalue weighted by Crippen LogP contribution is 2.15. The van der Waals surface area contributed by atoms with Gasteiger partial charge in [0.2, 0.25) is 5.91 Å². The van der Waals surface area contributed by atoms with Gasteiger partial charge < -0.3 is 20.3 Å². The zero-order valence-corrected chi connectivity index (χ0v) is 40.6. The van der Waals surface area contributed by atoms with Gasteiger partial charge >= 0.3 is 5.97 Å². The Balaban J connectivity index is 3.47. The number of esters is 1. The van der Waals surface area contributed by atoms with Crippen LogP contribution in [0.1, 0.15) is 277 Å². The first-order chi connectivity index (χ1) is 30.0. The van der Waals surface area contributed by atoms with Crippen molar-refractivity contribution in [3.63, 3.8) is 0 Å². The third kappa shape index (κ3) is 47.4. The Morgan fingerprint density at radius 3 is 1.16 bits per heavy atom. The first kappa shape index (κ1) is 59.1. The second kappa shape index (κ2) is 50.7. The van der Waals surface area contributed by atoms with Gasteiger partial charge in [-0.3, -0.25) is 9.59 Å². The third-order valence-electron chi connectivity index (χ3n) is 12.1. The summed E-state index contributed by atoms with van der Waals surface area (Å²) in [5, 5.41) is 23.0. The highest BCUT2D eigenvalue weighted by atomic mass is 16.5. The van der Waals surface area contributed by atoms with Crippen molar-refractivity contribution >= 4 is 11.9 Å². The quantitative estimate of drug-likeness (QED) is 0.0322. The monoisotopic (exact) mass is 858 g/mol. The summed E-state index contributed by atoms with van der Waals surface area (Å²) in [5.41, 5.74) is 0. The van der Waals surface area contributed by atoms with Gasteiger partial charge in [-0.1, -0.05) is 217 Å². The lowest BCUT2D eigenvalue weighted by molar-refractivity contribution is -0.143. The maximum atomic E-state index is 12.4. The summed E-state index contributed by atoms with van der Waals surface area (Å²) < 4.78 is 5.47. The number of carbonyl (C=O) groups is 2. The molecule has 0 radical (unpaired) electrons. The van der Waals surface area contributed by atoms with Crippen LogP contribution in [-0.4, -0.2) is 47.4 Å². The Bertz CT molecular complexity index is 993. The maximum absolute atomic E-state index is 12.4. The summed E-state index contributed by atoms with van der Waals surface area (Å²) in [6, 6.07) is -0.639. The van der Waals surface area contributed by atoms with Crippen molar-refractivity contribution in [1.82, 2.24) is 5.32 Å². The molecular formula is C55H103NO5. The van der Waals surface area contributed by atoms with Crippen LogP contribution in [0.25, 0.3) is 0 Å². The van der Waals surface area contributed by atoms with E-state index in [1.165, 1.54) is 186 Å². The van der Waals surface area contributed by atoms with E-state index in [0.29, 0.717) is 19.4 Å². The molecule has 0 aromatic carbocycles. The van der Waals surface area contributed by atoms with E-state index in [0.717, 1.165) is 64.2 Å². The van der Waals surface area contributed by atoms with Crippen molar-refractivity contribution in [2.75, 3.05) is 13.2 Å². The number of ether oxygens (including phenoxy) is 1. The van der Waals surface area contributed by atoms with Crippen LogP contribution in [0.3, 0.4) is 0 Å². The Labute approximate surface area is 379 Å². The minimum atomic E-state index is -0.853. The molecule has 0 aromatic heterocycles. The predicted molar refractivity (Wildman–Crippen MR) is 264 cm³/mol. The lowest BCUT2D eigenvalue weighted by atomic mass is 10.1. The standard InChI is InChI=1S/C55H103NO5/c1-3-5-7-9-11-13-15-16-17-18-22-25-29-33-37-41-45-49-55(60)61-50-46-42-38-34-30-26-23-20-19-21-24-28-32-36-40-44-48-54(59)56-52(51-57)53(58)47-43-39-35-31-27-14-12-10-8-6-4-2/h16-17,19,21,43,47,52-53,57-58H,3-15,18,20,22-42,44-46,48-51H2,1-2H3,(H,56,59)/b17-16-,21-19-,47-43+. The first-order valence-electron chi connectivity index (χ1n) is 26.8. The number of aliphatic hydroxyl groups is 2. The summed E-state index contributed by atoms with van der Waals surface area (Å²) >= 11 is 0. The van der Waals surface area contributed by atoms with Gasteiger partial charge in [0.1, 0.15) is 0 Å². The molecule has 0 fully saturated rings. The zero-order valence-electron chi connectivity index (χ0n) is 40.6. The minimum absolute atomic E-state index is 0.00789. The Kier molecular flexibility index (Phi) is 49.1. The molecule has 0 saturated carbocycles. The smallest absolute Gasteiger partial charge is 0.305 e. The molecule has 1 amide bonds. The van der Waals surface area contributed by atoms with Gasteiger partial charge in [-0.15, -0.1) is 0 Å². The first-order valence-corrected chi connectivity index (χ1v) is 26.8. The van der Waals surface area contributed by atoms with Crippen LogP contribution >= 0.6 is 0 Å². The van der Waals surface area contributed by atoms with Gasteiger partial charge in [-0.05, 0) is 83.5 Å². The Hall–Kier alpha value is -1.92. The number of allylic oxidation sites excluding steroid dienone is 5. The largest absolute Gasteiger partial charge is 0.466 e. The summed E-state index contributed by atoms with van der Waals surface area (Å²) in [6.07, 6.45) is 61.5. The van der Waals surface area contributed by atoms with Gasteiger partial charge in [0.05, 0.1) is 25.4 Å². The third-order valence-corrected chi connectivity index (χ3v) is 12.1. The van der Waals surface area contributed by atoms with Crippen LogP contribution in [0.4, 0.5) is 0 Å². The van der Waals surface area contributed by atoms with Crippen molar-refractivity contribution < 1.29 is 24.5 Å². The molecule has 61 heavy (non-hydrogen) atoms. The van der Waals surface area contributed by atoms with Crippen LogP contribution in [0.15, 0.2) is 36.5 Å². The molecule has 3 N–H and O–H groups in total. The van der Waals surface area contributed by atoms with E-state index in [9.17, 15) is 19.8 Å². The zero-order chi connectivity index (χ0) is 44.4. The summed E-state index contributed by atoms with van der Waals surface area (Å²) in [5.74, 6) is -0.0950. The van der Waals surface area contributed by atoms with E-state index >= 15 is 0 Å². The number of carbonyl (C=O) groups excluding carboxylic acids is 2. The number of amides is 1. The van der Waals surface area contributed by atoms with Crippen molar-refractivity contribution in [3.05, 3.63) is 36.5 Å². The molecular weight excluding hydrogens is 755 g/mol. The van der Waals surface area contributed by atoms with E-state index in [2.05, 4.69) is 43.5 Å². The molecule has 2 unspecified atom stereocenters.